The van der Waals surface area contributed by atoms with Gasteiger partial charge in [-0.3, -0.25) is 14.5 Å². The van der Waals surface area contributed by atoms with Crippen LogP contribution in [0.3, 0.4) is 0 Å². The lowest BCUT2D eigenvalue weighted by atomic mass is 9.90. The van der Waals surface area contributed by atoms with Crippen LogP contribution in [0.4, 0.5) is 0 Å². The molecular weight excluding hydrogens is 386 g/mol. The second-order valence-corrected chi connectivity index (χ2v) is 8.34. The first-order chi connectivity index (χ1) is 15.1. The minimum absolute atomic E-state index is 0.117. The van der Waals surface area contributed by atoms with Gasteiger partial charge in [0.1, 0.15) is 11.5 Å². The molecule has 6 nitrogen and oxygen atoms in total. The van der Waals surface area contributed by atoms with Gasteiger partial charge in [-0.15, -0.1) is 0 Å². The highest BCUT2D eigenvalue weighted by molar-refractivity contribution is 6.00. The van der Waals surface area contributed by atoms with Gasteiger partial charge in [-0.2, -0.15) is 5.10 Å². The molecule has 0 aliphatic carbocycles. The maximum Gasteiger partial charge on any atom is 0.181 e. The maximum absolute atomic E-state index is 13.3. The van der Waals surface area contributed by atoms with Crippen molar-refractivity contribution >= 4 is 5.78 Å². The zero-order chi connectivity index (χ0) is 21.4. The van der Waals surface area contributed by atoms with Crippen LogP contribution in [0.1, 0.15) is 34.7 Å². The fraction of sp³-hybridized carbons (Fsp3) is 0.280. The van der Waals surface area contributed by atoms with Crippen molar-refractivity contribution in [1.29, 1.82) is 0 Å². The van der Waals surface area contributed by atoms with Crippen molar-refractivity contribution in [2.75, 3.05) is 0 Å². The van der Waals surface area contributed by atoms with Gasteiger partial charge >= 0.3 is 0 Å². The number of benzene rings is 1. The molecule has 1 unspecified atom stereocenters. The summed E-state index contributed by atoms with van der Waals surface area (Å²) < 4.78 is 3.91. The highest BCUT2D eigenvalue weighted by atomic mass is 16.1. The standard InChI is InChI=1S/C25H25N5O/c1-17-8-10-26-21(12-17)20-15-27-29(2)25(20)23(31)13-18-9-11-30-16-22(28-24(30)14-18)19-6-4-3-5-7-19/h3-8,10,12,15-16,18H,9,11,13-14H2,1-2H3. The summed E-state index contributed by atoms with van der Waals surface area (Å²) in [5.74, 6) is 1.46. The van der Waals surface area contributed by atoms with E-state index in [0.717, 1.165) is 53.3 Å². The number of Topliss-reactive ketones (excluding diaryl/α,β-unsaturated/α-hetero) is 1. The Morgan fingerprint density at radius 3 is 2.81 bits per heavy atom. The Kier molecular flexibility index (Phi) is 4.98. The van der Waals surface area contributed by atoms with E-state index in [9.17, 15) is 4.79 Å². The molecule has 0 saturated carbocycles. The Morgan fingerprint density at radius 1 is 1.16 bits per heavy atom. The number of hydrogen-bond donors (Lipinski definition) is 0. The zero-order valence-corrected chi connectivity index (χ0v) is 17.8. The SMILES string of the molecule is Cc1ccnc(-c2cnn(C)c2C(=O)CC2CCn3cc(-c4ccccc4)nc3C2)c1. The largest absolute Gasteiger partial charge is 0.334 e. The van der Waals surface area contributed by atoms with Gasteiger partial charge in [0, 0.05) is 50.0 Å². The lowest BCUT2D eigenvalue weighted by Crippen LogP contribution is -2.22. The molecule has 0 amide bonds. The monoisotopic (exact) mass is 411 g/mol. The molecule has 3 aromatic heterocycles. The molecule has 1 aromatic carbocycles. The summed E-state index contributed by atoms with van der Waals surface area (Å²) in [5, 5.41) is 4.35. The average Bonchev–Trinajstić information content (AvgIpc) is 3.37. The number of aromatic nitrogens is 5. The third-order valence-corrected chi connectivity index (χ3v) is 6.05. The van der Waals surface area contributed by atoms with E-state index in [1.165, 1.54) is 0 Å². The molecule has 31 heavy (non-hydrogen) atoms. The predicted octanol–water partition coefficient (Wildman–Crippen LogP) is 4.49. The third kappa shape index (κ3) is 3.81. The van der Waals surface area contributed by atoms with Crippen LogP contribution in [-0.4, -0.2) is 30.1 Å². The van der Waals surface area contributed by atoms with Gasteiger partial charge in [0.2, 0.25) is 0 Å². The van der Waals surface area contributed by atoms with Crippen molar-refractivity contribution in [1.82, 2.24) is 24.3 Å². The predicted molar refractivity (Wildman–Crippen MR) is 120 cm³/mol. The molecule has 0 N–H and O–H groups in total. The van der Waals surface area contributed by atoms with Crippen LogP contribution >= 0.6 is 0 Å². The Balaban J connectivity index is 1.35. The smallest absolute Gasteiger partial charge is 0.181 e. The number of fused-ring (bicyclic) bond motifs is 1. The van der Waals surface area contributed by atoms with Crippen molar-refractivity contribution in [3.63, 3.8) is 0 Å². The van der Waals surface area contributed by atoms with Crippen LogP contribution in [0, 0.1) is 12.8 Å². The van der Waals surface area contributed by atoms with Crippen molar-refractivity contribution in [3.8, 4) is 22.5 Å². The number of carbonyl (C=O) groups is 1. The lowest BCUT2D eigenvalue weighted by Gasteiger charge is -2.22. The zero-order valence-electron chi connectivity index (χ0n) is 17.8. The number of ketones is 1. The summed E-state index contributed by atoms with van der Waals surface area (Å²) in [6, 6.07) is 14.2. The summed E-state index contributed by atoms with van der Waals surface area (Å²) in [4.78, 5) is 22.6. The Bertz CT molecular complexity index is 1240. The van der Waals surface area contributed by atoms with E-state index in [1.54, 1.807) is 17.1 Å². The Morgan fingerprint density at radius 2 is 2.00 bits per heavy atom. The van der Waals surface area contributed by atoms with Crippen LogP contribution < -0.4 is 0 Å². The first kappa shape index (κ1) is 19.4. The van der Waals surface area contributed by atoms with Gasteiger partial charge in [-0.25, -0.2) is 4.98 Å². The quantitative estimate of drug-likeness (QED) is 0.454. The van der Waals surface area contributed by atoms with Gasteiger partial charge in [-0.1, -0.05) is 30.3 Å². The van der Waals surface area contributed by atoms with Crippen LogP contribution in [-0.2, 0) is 20.0 Å². The van der Waals surface area contributed by atoms with Crippen LogP contribution in [0.15, 0.2) is 61.1 Å². The minimum atomic E-state index is 0.117. The molecule has 5 rings (SSSR count). The topological polar surface area (TPSA) is 65.6 Å². The van der Waals surface area contributed by atoms with E-state index < -0.39 is 0 Å². The van der Waals surface area contributed by atoms with Crippen molar-refractivity contribution in [2.45, 2.75) is 32.7 Å². The Hall–Kier alpha value is -3.54. The fourth-order valence-corrected chi connectivity index (χ4v) is 4.41. The Labute approximate surface area is 181 Å². The molecule has 0 radical (unpaired) electrons. The first-order valence-electron chi connectivity index (χ1n) is 10.7. The van der Waals surface area contributed by atoms with E-state index in [4.69, 9.17) is 4.98 Å². The molecule has 6 heteroatoms. The van der Waals surface area contributed by atoms with Gasteiger partial charge in [0.15, 0.2) is 5.78 Å². The van der Waals surface area contributed by atoms with E-state index >= 15 is 0 Å². The van der Waals surface area contributed by atoms with Crippen LogP contribution in [0.5, 0.6) is 0 Å². The number of hydrogen-bond acceptors (Lipinski definition) is 4. The molecule has 1 aliphatic rings. The second-order valence-electron chi connectivity index (χ2n) is 8.34. The highest BCUT2D eigenvalue weighted by Crippen LogP contribution is 2.29. The average molecular weight is 412 g/mol. The maximum atomic E-state index is 13.3. The van der Waals surface area contributed by atoms with Crippen LogP contribution in [0.2, 0.25) is 0 Å². The van der Waals surface area contributed by atoms with E-state index in [1.807, 2.05) is 44.3 Å². The summed E-state index contributed by atoms with van der Waals surface area (Å²) in [6.07, 6.45) is 7.93. The molecule has 4 aromatic rings. The number of aryl methyl sites for hydroxylation is 3. The van der Waals surface area contributed by atoms with E-state index in [0.29, 0.717) is 12.1 Å². The molecule has 0 fully saturated rings. The summed E-state index contributed by atoms with van der Waals surface area (Å²) >= 11 is 0. The number of nitrogens with zero attached hydrogens (tertiary/aromatic N) is 5. The first-order valence-corrected chi connectivity index (χ1v) is 10.7. The summed E-state index contributed by atoms with van der Waals surface area (Å²) in [7, 11) is 1.83. The molecule has 1 aliphatic heterocycles. The molecule has 0 spiro atoms. The molecule has 0 bridgehead atoms. The molecule has 1 atom stereocenters. The van der Waals surface area contributed by atoms with E-state index in [-0.39, 0.29) is 11.7 Å². The number of rotatable bonds is 5. The molecule has 156 valence electrons. The van der Waals surface area contributed by atoms with Gasteiger partial charge < -0.3 is 4.57 Å². The summed E-state index contributed by atoms with van der Waals surface area (Å²) in [5.41, 5.74) is 5.48. The van der Waals surface area contributed by atoms with Gasteiger partial charge in [-0.05, 0) is 37.0 Å². The number of carbonyl (C=O) groups excluding carboxylic acids is 1. The lowest BCUT2D eigenvalue weighted by molar-refractivity contribution is 0.0945. The van der Waals surface area contributed by atoms with Crippen molar-refractivity contribution < 1.29 is 4.79 Å². The molecular formula is C25H25N5O. The normalized spacial score (nSPS) is 15.6. The molecule has 4 heterocycles. The van der Waals surface area contributed by atoms with Crippen LogP contribution in [0.25, 0.3) is 22.5 Å². The second kappa shape index (κ2) is 7.95. The molecule has 0 saturated heterocycles. The fourth-order valence-electron chi connectivity index (χ4n) is 4.41. The van der Waals surface area contributed by atoms with Crippen molar-refractivity contribution in [2.24, 2.45) is 13.0 Å². The highest BCUT2D eigenvalue weighted by Gasteiger charge is 2.26. The number of pyridine rings is 1. The number of imidazole rings is 1. The third-order valence-electron chi connectivity index (χ3n) is 6.05. The van der Waals surface area contributed by atoms with E-state index in [2.05, 4.69) is 33.0 Å². The van der Waals surface area contributed by atoms with Crippen molar-refractivity contribution in [3.05, 3.63) is 78.1 Å². The minimum Gasteiger partial charge on any atom is -0.334 e. The van der Waals surface area contributed by atoms with Gasteiger partial charge in [0.25, 0.3) is 0 Å². The summed E-state index contributed by atoms with van der Waals surface area (Å²) in [6.45, 7) is 2.92. The van der Waals surface area contributed by atoms with Gasteiger partial charge in [0.05, 0.1) is 17.6 Å².